The van der Waals surface area contributed by atoms with Crippen LogP contribution >= 0.6 is 31.9 Å². The van der Waals surface area contributed by atoms with E-state index in [2.05, 4.69) is 50.2 Å². The first-order chi connectivity index (χ1) is 9.08. The molecule has 0 saturated carbocycles. The minimum absolute atomic E-state index is 0.152. The van der Waals surface area contributed by atoms with Gasteiger partial charge in [0.25, 0.3) is 0 Å². The van der Waals surface area contributed by atoms with Gasteiger partial charge in [-0.3, -0.25) is 0 Å². The second-order valence-corrected chi connectivity index (χ2v) is 6.13. The Hall–Kier alpha value is -0.710. The molecular formula is C15H14Br2FN. The van der Waals surface area contributed by atoms with Crippen LogP contribution in [0.2, 0.25) is 0 Å². The Morgan fingerprint density at radius 1 is 1.16 bits per heavy atom. The predicted octanol–water partition coefficient (Wildman–Crippen LogP) is 5.20. The molecule has 2 aromatic carbocycles. The molecule has 1 N–H and O–H groups in total. The number of rotatable bonds is 4. The van der Waals surface area contributed by atoms with Gasteiger partial charge in [0.05, 0.1) is 0 Å². The van der Waals surface area contributed by atoms with Gasteiger partial charge in [-0.1, -0.05) is 56.1 Å². The Kier molecular flexibility index (Phi) is 5.13. The molecule has 0 saturated heterocycles. The lowest BCUT2D eigenvalue weighted by molar-refractivity contribution is 0.543. The molecular weight excluding hydrogens is 373 g/mol. The fourth-order valence-electron chi connectivity index (χ4n) is 1.86. The average Bonchev–Trinajstić information content (AvgIpc) is 2.38. The first-order valence-electron chi connectivity index (χ1n) is 5.99. The molecule has 0 aliphatic heterocycles. The predicted molar refractivity (Wildman–Crippen MR) is 83.5 cm³/mol. The van der Waals surface area contributed by atoms with Crippen LogP contribution in [0, 0.1) is 5.82 Å². The van der Waals surface area contributed by atoms with Crippen LogP contribution < -0.4 is 5.32 Å². The van der Waals surface area contributed by atoms with Crippen LogP contribution in [0.1, 0.15) is 24.1 Å². The van der Waals surface area contributed by atoms with Crippen molar-refractivity contribution in [1.82, 2.24) is 5.32 Å². The van der Waals surface area contributed by atoms with Crippen LogP contribution in [-0.4, -0.2) is 0 Å². The molecule has 0 aliphatic carbocycles. The highest BCUT2D eigenvalue weighted by Gasteiger charge is 2.09. The highest BCUT2D eigenvalue weighted by atomic mass is 79.9. The zero-order chi connectivity index (χ0) is 13.8. The van der Waals surface area contributed by atoms with Crippen molar-refractivity contribution in [3.05, 3.63) is 68.4 Å². The van der Waals surface area contributed by atoms with Gasteiger partial charge in [0, 0.05) is 27.1 Å². The van der Waals surface area contributed by atoms with Crippen molar-refractivity contribution < 1.29 is 4.39 Å². The summed E-state index contributed by atoms with van der Waals surface area (Å²) in [6.07, 6.45) is 0. The van der Waals surface area contributed by atoms with Gasteiger partial charge in [-0.25, -0.2) is 4.39 Å². The summed E-state index contributed by atoms with van der Waals surface area (Å²) in [6.45, 7) is 2.57. The van der Waals surface area contributed by atoms with E-state index in [1.807, 2.05) is 24.3 Å². The molecule has 2 aromatic rings. The third-order valence-corrected chi connectivity index (χ3v) is 4.20. The summed E-state index contributed by atoms with van der Waals surface area (Å²) in [5.41, 5.74) is 1.84. The number of halogens is 3. The molecule has 0 amide bonds. The fraction of sp³-hybridized carbons (Fsp3) is 0.200. The molecule has 0 aliphatic rings. The smallest absolute Gasteiger partial charge is 0.128 e. The van der Waals surface area contributed by atoms with Crippen LogP contribution in [0.4, 0.5) is 4.39 Å². The second kappa shape index (κ2) is 6.64. The zero-order valence-corrected chi connectivity index (χ0v) is 13.6. The highest BCUT2D eigenvalue weighted by molar-refractivity contribution is 9.10. The van der Waals surface area contributed by atoms with E-state index in [-0.39, 0.29) is 11.9 Å². The molecule has 0 heterocycles. The van der Waals surface area contributed by atoms with Gasteiger partial charge in [-0.05, 0) is 30.7 Å². The molecule has 4 heteroatoms. The number of hydrogen-bond acceptors (Lipinski definition) is 1. The summed E-state index contributed by atoms with van der Waals surface area (Å²) in [4.78, 5) is 0. The minimum Gasteiger partial charge on any atom is -0.306 e. The van der Waals surface area contributed by atoms with E-state index in [1.165, 1.54) is 11.6 Å². The topological polar surface area (TPSA) is 12.0 Å². The lowest BCUT2D eigenvalue weighted by Gasteiger charge is -2.16. The molecule has 0 fully saturated rings. The first-order valence-corrected chi connectivity index (χ1v) is 7.58. The van der Waals surface area contributed by atoms with E-state index in [1.54, 1.807) is 6.07 Å². The Morgan fingerprint density at radius 3 is 2.58 bits per heavy atom. The molecule has 0 radical (unpaired) electrons. The Morgan fingerprint density at radius 2 is 1.89 bits per heavy atom. The monoisotopic (exact) mass is 385 g/mol. The maximum atomic E-state index is 13.7. The maximum absolute atomic E-state index is 13.7. The summed E-state index contributed by atoms with van der Waals surface area (Å²) in [5.74, 6) is -0.193. The van der Waals surface area contributed by atoms with Crippen molar-refractivity contribution in [2.45, 2.75) is 19.5 Å². The zero-order valence-electron chi connectivity index (χ0n) is 10.5. The SMILES string of the molecule is CC(NCc1ccc(Br)cc1F)c1ccccc1Br. The standard InChI is InChI=1S/C15H14Br2FN/c1-10(13-4-2-3-5-14(13)17)19-9-11-6-7-12(16)8-15(11)18/h2-8,10,19H,9H2,1H3. The largest absolute Gasteiger partial charge is 0.306 e. The number of hydrogen-bond donors (Lipinski definition) is 1. The van der Waals surface area contributed by atoms with Crippen molar-refractivity contribution in [2.75, 3.05) is 0 Å². The average molecular weight is 387 g/mol. The summed E-state index contributed by atoms with van der Waals surface area (Å²) >= 11 is 6.78. The molecule has 1 unspecified atom stereocenters. The van der Waals surface area contributed by atoms with Crippen molar-refractivity contribution in [2.24, 2.45) is 0 Å². The van der Waals surface area contributed by atoms with Crippen LogP contribution in [0.25, 0.3) is 0 Å². The fourth-order valence-corrected chi connectivity index (χ4v) is 2.83. The van der Waals surface area contributed by atoms with Crippen LogP contribution in [0.3, 0.4) is 0 Å². The van der Waals surface area contributed by atoms with E-state index in [9.17, 15) is 4.39 Å². The van der Waals surface area contributed by atoms with Gasteiger partial charge >= 0.3 is 0 Å². The van der Waals surface area contributed by atoms with Gasteiger partial charge in [0.1, 0.15) is 5.82 Å². The molecule has 1 atom stereocenters. The van der Waals surface area contributed by atoms with E-state index in [0.717, 1.165) is 8.95 Å². The lowest BCUT2D eigenvalue weighted by atomic mass is 10.1. The molecule has 19 heavy (non-hydrogen) atoms. The lowest BCUT2D eigenvalue weighted by Crippen LogP contribution is -2.19. The summed E-state index contributed by atoms with van der Waals surface area (Å²) in [6, 6.07) is 13.3. The summed E-state index contributed by atoms with van der Waals surface area (Å²) in [7, 11) is 0. The van der Waals surface area contributed by atoms with Crippen LogP contribution in [0.15, 0.2) is 51.4 Å². The van der Waals surface area contributed by atoms with E-state index >= 15 is 0 Å². The first kappa shape index (κ1) is 14.7. The van der Waals surface area contributed by atoms with E-state index in [0.29, 0.717) is 12.1 Å². The molecule has 0 bridgehead atoms. The van der Waals surface area contributed by atoms with Gasteiger partial charge in [0.2, 0.25) is 0 Å². The number of nitrogens with one attached hydrogen (secondary N) is 1. The molecule has 0 aromatic heterocycles. The van der Waals surface area contributed by atoms with E-state index < -0.39 is 0 Å². The molecule has 1 nitrogen and oxygen atoms in total. The van der Waals surface area contributed by atoms with Gasteiger partial charge in [-0.15, -0.1) is 0 Å². The van der Waals surface area contributed by atoms with Crippen molar-refractivity contribution in [3.8, 4) is 0 Å². The summed E-state index contributed by atoms with van der Waals surface area (Å²) < 4.78 is 15.5. The third kappa shape index (κ3) is 3.88. The Balaban J connectivity index is 2.04. The molecule has 2 rings (SSSR count). The normalized spacial score (nSPS) is 12.4. The Labute approximate surface area is 129 Å². The van der Waals surface area contributed by atoms with Crippen molar-refractivity contribution in [3.63, 3.8) is 0 Å². The number of benzene rings is 2. The molecule has 0 spiro atoms. The van der Waals surface area contributed by atoms with E-state index in [4.69, 9.17) is 0 Å². The van der Waals surface area contributed by atoms with Crippen molar-refractivity contribution >= 4 is 31.9 Å². The quantitative estimate of drug-likeness (QED) is 0.761. The molecule has 100 valence electrons. The minimum atomic E-state index is -0.193. The van der Waals surface area contributed by atoms with Gasteiger partial charge in [-0.2, -0.15) is 0 Å². The maximum Gasteiger partial charge on any atom is 0.128 e. The van der Waals surface area contributed by atoms with Gasteiger partial charge in [0.15, 0.2) is 0 Å². The Bertz CT molecular complexity index is 572. The van der Waals surface area contributed by atoms with Crippen molar-refractivity contribution in [1.29, 1.82) is 0 Å². The van der Waals surface area contributed by atoms with Gasteiger partial charge < -0.3 is 5.32 Å². The second-order valence-electron chi connectivity index (χ2n) is 4.36. The third-order valence-electron chi connectivity index (χ3n) is 2.99. The van der Waals surface area contributed by atoms with Crippen LogP contribution in [-0.2, 0) is 6.54 Å². The van der Waals surface area contributed by atoms with Crippen LogP contribution in [0.5, 0.6) is 0 Å². The highest BCUT2D eigenvalue weighted by Crippen LogP contribution is 2.23. The summed E-state index contributed by atoms with van der Waals surface area (Å²) in [5, 5.41) is 3.33.